The van der Waals surface area contributed by atoms with E-state index in [2.05, 4.69) is 4.74 Å². The van der Waals surface area contributed by atoms with Gasteiger partial charge in [0, 0.05) is 5.56 Å². The van der Waals surface area contributed by atoms with Crippen molar-refractivity contribution in [3.8, 4) is 11.8 Å². The Morgan fingerprint density at radius 1 is 1.11 bits per heavy atom. The van der Waals surface area contributed by atoms with E-state index in [-0.39, 0.29) is 18.3 Å². The van der Waals surface area contributed by atoms with E-state index in [0.717, 1.165) is 5.56 Å². The number of nitrogens with zero attached hydrogens (tertiary/aromatic N) is 1. The monoisotopic (exact) mass is 379 g/mol. The maximum atomic E-state index is 12.0. The summed E-state index contributed by atoms with van der Waals surface area (Å²) in [5, 5.41) is 9.26. The molecule has 2 aromatic carbocycles. The van der Waals surface area contributed by atoms with Crippen LogP contribution in [0, 0.1) is 11.3 Å². The molecule has 0 amide bonds. The summed E-state index contributed by atoms with van der Waals surface area (Å²) in [6, 6.07) is 15.8. The molecule has 0 unspecified atom stereocenters. The number of ether oxygens (including phenoxy) is 3. The lowest BCUT2D eigenvalue weighted by atomic mass is 10.1. The molecule has 0 bridgehead atoms. The Balaban J connectivity index is 2.15. The minimum atomic E-state index is -0.675. The summed E-state index contributed by atoms with van der Waals surface area (Å²) in [7, 11) is 1.33. The van der Waals surface area contributed by atoms with E-state index in [4.69, 9.17) is 9.47 Å². The van der Waals surface area contributed by atoms with Crippen LogP contribution in [0.1, 0.15) is 35.3 Å². The molecular weight excluding hydrogens is 358 g/mol. The van der Waals surface area contributed by atoms with Gasteiger partial charge in [0.25, 0.3) is 0 Å². The van der Waals surface area contributed by atoms with Crippen molar-refractivity contribution in [2.45, 2.75) is 26.6 Å². The molecule has 0 aliphatic heterocycles. The molecule has 0 spiro atoms. The highest BCUT2D eigenvalue weighted by molar-refractivity contribution is 5.98. The third-order valence-corrected chi connectivity index (χ3v) is 3.67. The summed E-state index contributed by atoms with van der Waals surface area (Å²) in [4.78, 5) is 23.5. The maximum absolute atomic E-state index is 12.0. The molecule has 0 radical (unpaired) electrons. The number of para-hydroxylation sites is 1. The fourth-order valence-electron chi connectivity index (χ4n) is 2.32. The Labute approximate surface area is 164 Å². The van der Waals surface area contributed by atoms with Gasteiger partial charge in [-0.25, -0.2) is 9.59 Å². The van der Waals surface area contributed by atoms with Crippen LogP contribution in [-0.4, -0.2) is 25.2 Å². The third kappa shape index (κ3) is 5.71. The predicted molar refractivity (Wildman–Crippen MR) is 103 cm³/mol. The van der Waals surface area contributed by atoms with E-state index >= 15 is 0 Å². The van der Waals surface area contributed by atoms with Crippen molar-refractivity contribution >= 4 is 18.0 Å². The number of hydrogen-bond donors (Lipinski definition) is 0. The number of benzene rings is 2. The van der Waals surface area contributed by atoms with Crippen LogP contribution in [0.4, 0.5) is 0 Å². The van der Waals surface area contributed by atoms with Gasteiger partial charge >= 0.3 is 11.9 Å². The summed E-state index contributed by atoms with van der Waals surface area (Å²) < 4.78 is 15.6. The van der Waals surface area contributed by atoms with Gasteiger partial charge in [-0.2, -0.15) is 5.26 Å². The first-order chi connectivity index (χ1) is 13.4. The van der Waals surface area contributed by atoms with Crippen molar-refractivity contribution in [3.63, 3.8) is 0 Å². The molecule has 144 valence electrons. The molecule has 2 aromatic rings. The minimum Gasteiger partial charge on any atom is -0.488 e. The molecule has 0 atom stereocenters. The second-order valence-electron chi connectivity index (χ2n) is 6.14. The molecule has 6 heteroatoms. The van der Waals surface area contributed by atoms with Crippen molar-refractivity contribution in [3.05, 3.63) is 70.8 Å². The standard InChI is InChI=1S/C22H21NO5/c1-15(2)28-22(25)19(13-23)12-18-6-4-5-7-20(18)27-14-16-8-10-17(11-9-16)21(24)26-3/h4-12,15H,14H2,1-3H3. The maximum Gasteiger partial charge on any atom is 0.349 e. The Kier molecular flexibility index (Phi) is 7.35. The molecule has 0 N–H and O–H groups in total. The Hall–Kier alpha value is -3.59. The van der Waals surface area contributed by atoms with Crippen LogP contribution in [0.15, 0.2) is 54.1 Å². The quantitative estimate of drug-likeness (QED) is 0.412. The van der Waals surface area contributed by atoms with Gasteiger partial charge in [-0.3, -0.25) is 0 Å². The largest absolute Gasteiger partial charge is 0.488 e. The molecular formula is C22H21NO5. The molecule has 2 rings (SSSR count). The molecule has 0 saturated heterocycles. The Morgan fingerprint density at radius 2 is 1.79 bits per heavy atom. The SMILES string of the molecule is COC(=O)c1ccc(COc2ccccc2C=C(C#N)C(=O)OC(C)C)cc1. The van der Waals surface area contributed by atoms with E-state index < -0.39 is 11.9 Å². The minimum absolute atomic E-state index is 0.104. The highest BCUT2D eigenvalue weighted by Gasteiger charge is 2.14. The van der Waals surface area contributed by atoms with Gasteiger partial charge in [0.15, 0.2) is 0 Å². The number of hydrogen-bond acceptors (Lipinski definition) is 6. The highest BCUT2D eigenvalue weighted by Crippen LogP contribution is 2.23. The first-order valence-electron chi connectivity index (χ1n) is 8.66. The average Bonchev–Trinajstić information content (AvgIpc) is 2.70. The lowest BCUT2D eigenvalue weighted by Gasteiger charge is -2.11. The average molecular weight is 379 g/mol. The number of methoxy groups -OCH3 is 1. The molecule has 6 nitrogen and oxygen atoms in total. The zero-order chi connectivity index (χ0) is 20.5. The molecule has 0 aliphatic rings. The lowest BCUT2D eigenvalue weighted by molar-refractivity contribution is -0.142. The molecule has 28 heavy (non-hydrogen) atoms. The predicted octanol–water partition coefficient (Wildman–Crippen LogP) is 3.91. The lowest BCUT2D eigenvalue weighted by Crippen LogP contribution is -2.12. The van der Waals surface area contributed by atoms with E-state index in [1.165, 1.54) is 13.2 Å². The van der Waals surface area contributed by atoms with Crippen molar-refractivity contribution in [2.24, 2.45) is 0 Å². The second kappa shape index (κ2) is 9.93. The van der Waals surface area contributed by atoms with Crippen LogP contribution >= 0.6 is 0 Å². The number of carbonyl (C=O) groups is 2. The van der Waals surface area contributed by atoms with Crippen LogP contribution in [0.2, 0.25) is 0 Å². The van der Waals surface area contributed by atoms with Gasteiger partial charge in [0.1, 0.15) is 24.0 Å². The van der Waals surface area contributed by atoms with E-state index in [1.807, 2.05) is 6.07 Å². The Morgan fingerprint density at radius 3 is 2.39 bits per heavy atom. The number of esters is 2. The van der Waals surface area contributed by atoms with Crippen molar-refractivity contribution in [1.82, 2.24) is 0 Å². The third-order valence-electron chi connectivity index (χ3n) is 3.67. The Bertz CT molecular complexity index is 907. The van der Waals surface area contributed by atoms with Crippen molar-refractivity contribution < 1.29 is 23.8 Å². The summed E-state index contributed by atoms with van der Waals surface area (Å²) in [6.07, 6.45) is 1.13. The van der Waals surface area contributed by atoms with Crippen LogP contribution in [0.5, 0.6) is 5.75 Å². The summed E-state index contributed by atoms with van der Waals surface area (Å²) >= 11 is 0. The molecule has 0 heterocycles. The van der Waals surface area contributed by atoms with Gasteiger partial charge in [0.05, 0.1) is 18.8 Å². The zero-order valence-electron chi connectivity index (χ0n) is 16.0. The van der Waals surface area contributed by atoms with Crippen LogP contribution in [-0.2, 0) is 20.9 Å². The van der Waals surface area contributed by atoms with Crippen LogP contribution in [0.25, 0.3) is 6.08 Å². The van der Waals surface area contributed by atoms with Gasteiger partial charge in [-0.15, -0.1) is 0 Å². The van der Waals surface area contributed by atoms with Crippen LogP contribution in [0.3, 0.4) is 0 Å². The summed E-state index contributed by atoms with van der Waals surface area (Å²) in [5.74, 6) is -0.560. The molecule has 0 saturated carbocycles. The second-order valence-corrected chi connectivity index (χ2v) is 6.14. The summed E-state index contributed by atoms with van der Waals surface area (Å²) in [6.45, 7) is 3.69. The number of carbonyl (C=O) groups excluding carboxylic acids is 2. The molecule has 0 aromatic heterocycles. The van der Waals surface area contributed by atoms with E-state index in [0.29, 0.717) is 16.9 Å². The van der Waals surface area contributed by atoms with Gasteiger partial charge < -0.3 is 14.2 Å². The molecule has 0 aliphatic carbocycles. The highest BCUT2D eigenvalue weighted by atomic mass is 16.5. The number of nitriles is 1. The first-order valence-corrected chi connectivity index (χ1v) is 8.66. The fourth-order valence-corrected chi connectivity index (χ4v) is 2.32. The molecule has 0 fully saturated rings. The van der Waals surface area contributed by atoms with Crippen molar-refractivity contribution in [2.75, 3.05) is 7.11 Å². The van der Waals surface area contributed by atoms with E-state index in [9.17, 15) is 14.9 Å². The number of rotatable bonds is 7. The van der Waals surface area contributed by atoms with Gasteiger partial charge in [-0.1, -0.05) is 30.3 Å². The van der Waals surface area contributed by atoms with Gasteiger partial charge in [-0.05, 0) is 43.7 Å². The van der Waals surface area contributed by atoms with Gasteiger partial charge in [0.2, 0.25) is 0 Å². The topological polar surface area (TPSA) is 85.6 Å². The normalized spacial score (nSPS) is 10.9. The zero-order valence-corrected chi connectivity index (χ0v) is 16.0. The summed E-state index contributed by atoms with van der Waals surface area (Å²) in [5.41, 5.74) is 1.79. The fraction of sp³-hybridized carbons (Fsp3) is 0.227. The first kappa shape index (κ1) is 20.7. The van der Waals surface area contributed by atoms with E-state index in [1.54, 1.807) is 62.4 Å². The van der Waals surface area contributed by atoms with Crippen molar-refractivity contribution in [1.29, 1.82) is 5.26 Å². The smallest absolute Gasteiger partial charge is 0.349 e. The van der Waals surface area contributed by atoms with Crippen LogP contribution < -0.4 is 4.74 Å².